The highest BCUT2D eigenvalue weighted by Crippen LogP contribution is 2.25. The number of nitrogens with zero attached hydrogens (tertiary/aromatic N) is 2. The van der Waals surface area contributed by atoms with Crippen LogP contribution in [-0.4, -0.2) is 36.2 Å². The summed E-state index contributed by atoms with van der Waals surface area (Å²) >= 11 is 1.83. The Morgan fingerprint density at radius 3 is 2.58 bits per heavy atom. The van der Waals surface area contributed by atoms with E-state index in [0.717, 1.165) is 12.3 Å². The zero-order valence-corrected chi connectivity index (χ0v) is 14.7. The van der Waals surface area contributed by atoms with Crippen molar-refractivity contribution in [1.82, 2.24) is 4.90 Å². The molecule has 0 radical (unpaired) electrons. The molecule has 19 heavy (non-hydrogen) atoms. The van der Waals surface area contributed by atoms with Crippen molar-refractivity contribution in [3.05, 3.63) is 29.8 Å². The van der Waals surface area contributed by atoms with Gasteiger partial charge in [-0.3, -0.25) is 4.99 Å². The van der Waals surface area contributed by atoms with Gasteiger partial charge in [0.2, 0.25) is 0 Å². The first-order valence-electron chi connectivity index (χ1n) is 6.39. The Morgan fingerprint density at radius 1 is 1.37 bits per heavy atom. The lowest BCUT2D eigenvalue weighted by molar-refractivity contribution is 0.488. The second kappa shape index (κ2) is 7.99. The summed E-state index contributed by atoms with van der Waals surface area (Å²) in [7, 11) is 2.03. The number of hydrogen-bond acceptors (Lipinski definition) is 2. The number of aryl methyl sites for hydroxylation is 1. The molecule has 106 valence electrons. The summed E-state index contributed by atoms with van der Waals surface area (Å²) in [5, 5.41) is 0. The van der Waals surface area contributed by atoms with E-state index in [-0.39, 0.29) is 24.0 Å². The van der Waals surface area contributed by atoms with Gasteiger partial charge < -0.3 is 10.6 Å². The summed E-state index contributed by atoms with van der Waals surface area (Å²) in [4.78, 5) is 7.81. The van der Waals surface area contributed by atoms with Crippen LogP contribution < -0.4 is 5.73 Å². The van der Waals surface area contributed by atoms with Crippen molar-refractivity contribution < 1.29 is 0 Å². The van der Waals surface area contributed by atoms with Gasteiger partial charge in [-0.2, -0.15) is 0 Å². The molecular formula is C14H22IN3S. The third-order valence-electron chi connectivity index (χ3n) is 3.11. The number of guanidine groups is 1. The number of aliphatic imine (C=N–C) groups is 1. The largest absolute Gasteiger partial charge is 0.370 e. The van der Waals surface area contributed by atoms with Gasteiger partial charge in [-0.1, -0.05) is 17.7 Å². The van der Waals surface area contributed by atoms with Crippen molar-refractivity contribution in [3.8, 4) is 0 Å². The molecule has 0 atom stereocenters. The third kappa shape index (κ3) is 5.60. The van der Waals surface area contributed by atoms with Gasteiger partial charge in [0.15, 0.2) is 5.96 Å². The summed E-state index contributed by atoms with van der Waals surface area (Å²) in [6.45, 7) is 2.88. The normalized spacial score (nSPS) is 14.9. The minimum atomic E-state index is 0. The quantitative estimate of drug-likeness (QED) is 0.276. The number of nitrogens with two attached hydrogens (primary N) is 1. The average Bonchev–Trinajstić information content (AvgIpc) is 3.20. The van der Waals surface area contributed by atoms with Crippen LogP contribution in [0, 0.1) is 6.92 Å². The lowest BCUT2D eigenvalue weighted by Crippen LogP contribution is -2.35. The maximum atomic E-state index is 5.92. The van der Waals surface area contributed by atoms with E-state index < -0.39 is 0 Å². The Labute approximate surface area is 137 Å². The summed E-state index contributed by atoms with van der Waals surface area (Å²) in [5.41, 5.74) is 7.22. The van der Waals surface area contributed by atoms with Crippen molar-refractivity contribution in [2.75, 3.05) is 19.3 Å². The lowest BCUT2D eigenvalue weighted by atomic mass is 10.2. The van der Waals surface area contributed by atoms with Gasteiger partial charge in [0.25, 0.3) is 0 Å². The Balaban J connectivity index is 0.00000180. The predicted molar refractivity (Wildman–Crippen MR) is 94.6 cm³/mol. The van der Waals surface area contributed by atoms with Crippen molar-refractivity contribution in [3.63, 3.8) is 0 Å². The molecule has 1 saturated carbocycles. The van der Waals surface area contributed by atoms with Crippen LogP contribution in [0.5, 0.6) is 0 Å². The molecule has 2 rings (SSSR count). The van der Waals surface area contributed by atoms with Gasteiger partial charge in [0, 0.05) is 23.7 Å². The topological polar surface area (TPSA) is 41.6 Å². The van der Waals surface area contributed by atoms with Crippen molar-refractivity contribution >= 4 is 41.7 Å². The van der Waals surface area contributed by atoms with Gasteiger partial charge >= 0.3 is 0 Å². The molecule has 0 aromatic heterocycles. The Bertz CT molecular complexity index is 415. The molecule has 5 heteroatoms. The van der Waals surface area contributed by atoms with Crippen molar-refractivity contribution in [1.29, 1.82) is 0 Å². The lowest BCUT2D eigenvalue weighted by Gasteiger charge is -2.16. The molecule has 1 fully saturated rings. The van der Waals surface area contributed by atoms with Gasteiger partial charge in [-0.15, -0.1) is 35.7 Å². The van der Waals surface area contributed by atoms with Gasteiger partial charge in [-0.25, -0.2) is 0 Å². The molecule has 2 N–H and O–H groups in total. The maximum Gasteiger partial charge on any atom is 0.191 e. The van der Waals surface area contributed by atoms with E-state index in [1.165, 1.54) is 23.3 Å². The van der Waals surface area contributed by atoms with Crippen LogP contribution in [-0.2, 0) is 0 Å². The fraction of sp³-hybridized carbons (Fsp3) is 0.500. The molecule has 0 aliphatic heterocycles. The fourth-order valence-corrected chi connectivity index (χ4v) is 2.47. The number of hydrogen-bond donors (Lipinski definition) is 1. The van der Waals surface area contributed by atoms with Crippen molar-refractivity contribution in [2.24, 2.45) is 10.7 Å². The summed E-state index contributed by atoms with van der Waals surface area (Å²) in [6, 6.07) is 9.23. The Morgan fingerprint density at radius 2 is 2.00 bits per heavy atom. The molecule has 1 aliphatic carbocycles. The number of thioether (sulfide) groups is 1. The molecular weight excluding hydrogens is 369 g/mol. The van der Waals surface area contributed by atoms with E-state index in [2.05, 4.69) is 41.1 Å². The monoisotopic (exact) mass is 391 g/mol. The number of benzene rings is 1. The van der Waals surface area contributed by atoms with Crippen LogP contribution in [0.1, 0.15) is 18.4 Å². The van der Waals surface area contributed by atoms with Crippen LogP contribution in [0.2, 0.25) is 0 Å². The molecule has 0 saturated heterocycles. The first-order chi connectivity index (χ1) is 8.66. The van der Waals surface area contributed by atoms with E-state index in [0.29, 0.717) is 12.0 Å². The molecule has 1 aromatic rings. The molecule has 1 aliphatic rings. The molecule has 0 spiro atoms. The molecule has 0 heterocycles. The molecule has 0 amide bonds. The van der Waals surface area contributed by atoms with Crippen LogP contribution in [0.15, 0.2) is 34.2 Å². The summed E-state index contributed by atoms with van der Waals surface area (Å²) in [6.07, 6.45) is 2.51. The maximum absolute atomic E-state index is 5.92. The Kier molecular flexibility index (Phi) is 6.99. The zero-order chi connectivity index (χ0) is 13.0. The highest BCUT2D eigenvalue weighted by Gasteiger charge is 2.27. The highest BCUT2D eigenvalue weighted by molar-refractivity contribution is 14.0. The third-order valence-corrected chi connectivity index (χ3v) is 4.10. The SMILES string of the molecule is Cc1ccc(SCCN=C(N)N(C)C2CC2)cc1.I. The number of halogens is 1. The standard InChI is InChI=1S/C14H21N3S.HI/c1-11-3-7-13(8-4-11)18-10-9-16-14(15)17(2)12-5-6-12;/h3-4,7-8,12H,5-6,9-10H2,1-2H3,(H2,15,16);1H. The predicted octanol–water partition coefficient (Wildman–Crippen LogP) is 3.11. The first kappa shape index (κ1) is 16.6. The summed E-state index contributed by atoms with van der Waals surface area (Å²) < 4.78 is 0. The van der Waals surface area contributed by atoms with Gasteiger partial charge in [-0.05, 0) is 31.9 Å². The van der Waals surface area contributed by atoms with Crippen molar-refractivity contribution in [2.45, 2.75) is 30.7 Å². The van der Waals surface area contributed by atoms with Crippen LogP contribution in [0.4, 0.5) is 0 Å². The van der Waals surface area contributed by atoms with Crippen LogP contribution in [0.3, 0.4) is 0 Å². The van der Waals surface area contributed by atoms with E-state index in [1.807, 2.05) is 18.8 Å². The first-order valence-corrected chi connectivity index (χ1v) is 7.37. The van der Waals surface area contributed by atoms with Gasteiger partial charge in [0.05, 0.1) is 6.54 Å². The second-order valence-electron chi connectivity index (χ2n) is 4.74. The molecule has 0 unspecified atom stereocenters. The fourth-order valence-electron chi connectivity index (χ4n) is 1.72. The average molecular weight is 391 g/mol. The van der Waals surface area contributed by atoms with Gasteiger partial charge in [0.1, 0.15) is 0 Å². The molecule has 3 nitrogen and oxygen atoms in total. The van der Waals surface area contributed by atoms with E-state index in [4.69, 9.17) is 5.73 Å². The zero-order valence-electron chi connectivity index (χ0n) is 11.5. The second-order valence-corrected chi connectivity index (χ2v) is 5.91. The van der Waals surface area contributed by atoms with E-state index in [9.17, 15) is 0 Å². The van der Waals surface area contributed by atoms with Crippen LogP contribution >= 0.6 is 35.7 Å². The minimum Gasteiger partial charge on any atom is -0.370 e. The highest BCUT2D eigenvalue weighted by atomic mass is 127. The van der Waals surface area contributed by atoms with Crippen LogP contribution in [0.25, 0.3) is 0 Å². The molecule has 1 aromatic carbocycles. The summed E-state index contributed by atoms with van der Waals surface area (Å²) in [5.74, 6) is 1.66. The minimum absolute atomic E-state index is 0. The number of rotatable bonds is 5. The molecule has 0 bridgehead atoms. The van der Waals surface area contributed by atoms with E-state index in [1.54, 1.807) is 0 Å². The Hall–Kier alpha value is -0.430. The van der Waals surface area contributed by atoms with E-state index >= 15 is 0 Å². The smallest absolute Gasteiger partial charge is 0.191 e.